The largest absolute Gasteiger partial charge is 0.329 e. The third-order valence-electron chi connectivity index (χ3n) is 1.80. The van der Waals surface area contributed by atoms with Crippen molar-refractivity contribution in [2.75, 3.05) is 46.4 Å². The van der Waals surface area contributed by atoms with Crippen LogP contribution in [-0.2, 0) is 0 Å². The molecule has 0 aromatic carbocycles. The molecule has 4 nitrogen and oxygen atoms in total. The van der Waals surface area contributed by atoms with Gasteiger partial charge in [0.15, 0.2) is 0 Å². The Bertz CT molecular complexity index is 97.6. The highest BCUT2D eigenvalue weighted by Crippen LogP contribution is 1.77. The lowest BCUT2D eigenvalue weighted by atomic mass is 10.5. The molecule has 0 aliphatic heterocycles. The molecule has 4 heteroatoms. The molecule has 0 aliphatic carbocycles. The molecule has 0 aliphatic rings. The normalized spacial score (nSPS) is 11.1. The van der Waals surface area contributed by atoms with Gasteiger partial charge in [0.05, 0.1) is 0 Å². The van der Waals surface area contributed by atoms with Gasteiger partial charge in [0.25, 0.3) is 0 Å². The van der Waals surface area contributed by atoms with Crippen molar-refractivity contribution in [1.29, 1.82) is 0 Å². The molecule has 13 heavy (non-hydrogen) atoms. The van der Waals surface area contributed by atoms with E-state index in [-0.39, 0.29) is 0 Å². The van der Waals surface area contributed by atoms with Crippen molar-refractivity contribution >= 4 is 0 Å². The van der Waals surface area contributed by atoms with Gasteiger partial charge in [0.1, 0.15) is 0 Å². The van der Waals surface area contributed by atoms with Crippen molar-refractivity contribution in [2.45, 2.75) is 13.3 Å². The third-order valence-corrected chi connectivity index (χ3v) is 1.80. The number of hydrogen-bond acceptors (Lipinski definition) is 4. The van der Waals surface area contributed by atoms with Gasteiger partial charge < -0.3 is 16.4 Å². The number of rotatable bonds is 9. The van der Waals surface area contributed by atoms with E-state index < -0.39 is 0 Å². The monoisotopic (exact) mass is 188 g/mol. The second-order valence-corrected chi connectivity index (χ2v) is 3.28. The Morgan fingerprint density at radius 3 is 2.54 bits per heavy atom. The summed E-state index contributed by atoms with van der Waals surface area (Å²) in [5.74, 6) is 0. The maximum absolute atomic E-state index is 5.36. The summed E-state index contributed by atoms with van der Waals surface area (Å²) in [5, 5.41) is 6.61. The summed E-state index contributed by atoms with van der Waals surface area (Å²) < 4.78 is 0. The Morgan fingerprint density at radius 2 is 1.92 bits per heavy atom. The van der Waals surface area contributed by atoms with Gasteiger partial charge in [-0.3, -0.25) is 4.90 Å². The first-order valence-corrected chi connectivity index (χ1v) is 5.11. The van der Waals surface area contributed by atoms with Gasteiger partial charge in [-0.2, -0.15) is 0 Å². The minimum Gasteiger partial charge on any atom is -0.329 e. The molecular weight excluding hydrogens is 164 g/mol. The standard InChI is InChI=1S/C9H24N4/c1-3-5-12-9-13(2)8-7-11-6-4-10/h11-12H,3-10H2,1-2H3. The Kier molecular flexibility index (Phi) is 9.80. The summed E-state index contributed by atoms with van der Waals surface area (Å²) in [6, 6.07) is 0. The van der Waals surface area contributed by atoms with Gasteiger partial charge in [-0.05, 0) is 20.0 Å². The summed E-state index contributed by atoms with van der Waals surface area (Å²) in [7, 11) is 2.12. The third kappa shape index (κ3) is 9.76. The van der Waals surface area contributed by atoms with Crippen molar-refractivity contribution in [2.24, 2.45) is 5.73 Å². The lowest BCUT2D eigenvalue weighted by molar-refractivity contribution is 0.306. The number of nitrogens with one attached hydrogen (secondary N) is 2. The van der Waals surface area contributed by atoms with Crippen molar-refractivity contribution in [3.8, 4) is 0 Å². The van der Waals surface area contributed by atoms with Crippen LogP contribution in [0, 0.1) is 0 Å². The SMILES string of the molecule is CCCNCN(C)CCNCCN. The van der Waals surface area contributed by atoms with Crippen LogP contribution in [0.1, 0.15) is 13.3 Å². The van der Waals surface area contributed by atoms with Crippen LogP contribution in [0.4, 0.5) is 0 Å². The van der Waals surface area contributed by atoms with Gasteiger partial charge in [0, 0.05) is 32.8 Å². The maximum Gasteiger partial charge on any atom is 0.0478 e. The average Bonchev–Trinajstić information content (AvgIpc) is 2.13. The predicted molar refractivity (Wildman–Crippen MR) is 57.7 cm³/mol. The van der Waals surface area contributed by atoms with Crippen molar-refractivity contribution in [3.63, 3.8) is 0 Å². The highest BCUT2D eigenvalue weighted by atomic mass is 15.2. The van der Waals surface area contributed by atoms with Gasteiger partial charge in [-0.25, -0.2) is 0 Å². The zero-order valence-electron chi connectivity index (χ0n) is 8.97. The number of hydrogen-bond donors (Lipinski definition) is 3. The molecule has 0 saturated heterocycles. The Labute approximate surface area is 81.9 Å². The minimum absolute atomic E-state index is 0.720. The smallest absolute Gasteiger partial charge is 0.0478 e. The molecule has 0 aromatic heterocycles. The fourth-order valence-corrected chi connectivity index (χ4v) is 1.02. The van der Waals surface area contributed by atoms with Crippen LogP contribution in [0.25, 0.3) is 0 Å². The molecule has 0 heterocycles. The van der Waals surface area contributed by atoms with E-state index in [0.29, 0.717) is 0 Å². The van der Waals surface area contributed by atoms with E-state index in [1.165, 1.54) is 6.42 Å². The van der Waals surface area contributed by atoms with E-state index >= 15 is 0 Å². The fourth-order valence-electron chi connectivity index (χ4n) is 1.02. The Morgan fingerprint density at radius 1 is 1.15 bits per heavy atom. The second-order valence-electron chi connectivity index (χ2n) is 3.28. The average molecular weight is 188 g/mol. The maximum atomic E-state index is 5.36. The number of likely N-dealkylation sites (N-methyl/N-ethyl adjacent to an activating group) is 1. The van der Waals surface area contributed by atoms with Crippen LogP contribution in [0.3, 0.4) is 0 Å². The first-order chi connectivity index (χ1) is 6.31. The topological polar surface area (TPSA) is 53.3 Å². The Balaban J connectivity index is 3.05. The zero-order valence-corrected chi connectivity index (χ0v) is 8.97. The van der Waals surface area contributed by atoms with Crippen molar-refractivity contribution in [3.05, 3.63) is 0 Å². The van der Waals surface area contributed by atoms with Crippen molar-refractivity contribution < 1.29 is 0 Å². The lowest BCUT2D eigenvalue weighted by Crippen LogP contribution is -2.37. The van der Waals surface area contributed by atoms with Gasteiger partial charge >= 0.3 is 0 Å². The first kappa shape index (κ1) is 12.8. The van der Waals surface area contributed by atoms with Crippen LogP contribution in [0.15, 0.2) is 0 Å². The quantitative estimate of drug-likeness (QED) is 0.335. The molecule has 80 valence electrons. The Hall–Kier alpha value is -0.160. The summed E-state index contributed by atoms with van der Waals surface area (Å²) in [5.41, 5.74) is 5.36. The van der Waals surface area contributed by atoms with E-state index in [1.807, 2.05) is 0 Å². The van der Waals surface area contributed by atoms with E-state index in [1.54, 1.807) is 0 Å². The highest BCUT2D eigenvalue weighted by molar-refractivity contribution is 4.54. The van der Waals surface area contributed by atoms with Crippen LogP contribution in [0.2, 0.25) is 0 Å². The molecule has 0 amide bonds. The van der Waals surface area contributed by atoms with E-state index in [9.17, 15) is 0 Å². The molecule has 4 N–H and O–H groups in total. The van der Waals surface area contributed by atoms with E-state index in [0.717, 1.165) is 39.4 Å². The summed E-state index contributed by atoms with van der Waals surface area (Å²) >= 11 is 0. The van der Waals surface area contributed by atoms with Crippen LogP contribution in [-0.4, -0.2) is 51.3 Å². The molecule has 0 radical (unpaired) electrons. The molecule has 0 spiro atoms. The molecule has 0 rings (SSSR count). The summed E-state index contributed by atoms with van der Waals surface area (Å²) in [6.07, 6.45) is 1.19. The van der Waals surface area contributed by atoms with Gasteiger partial charge in [-0.1, -0.05) is 6.92 Å². The van der Waals surface area contributed by atoms with Gasteiger partial charge in [-0.15, -0.1) is 0 Å². The number of nitrogens with two attached hydrogens (primary N) is 1. The summed E-state index contributed by atoms with van der Waals surface area (Å²) in [6.45, 7) is 7.96. The molecular formula is C9H24N4. The molecule has 0 saturated carbocycles. The number of nitrogens with zero attached hydrogens (tertiary/aromatic N) is 1. The van der Waals surface area contributed by atoms with Gasteiger partial charge in [0.2, 0.25) is 0 Å². The van der Waals surface area contributed by atoms with Crippen LogP contribution < -0.4 is 16.4 Å². The second kappa shape index (κ2) is 9.92. The predicted octanol–water partition coefficient (Wildman–Crippen LogP) is -0.576. The van der Waals surface area contributed by atoms with E-state index in [2.05, 4.69) is 29.5 Å². The molecule has 0 unspecified atom stereocenters. The highest BCUT2D eigenvalue weighted by Gasteiger charge is 1.95. The first-order valence-electron chi connectivity index (χ1n) is 5.11. The zero-order chi connectivity index (χ0) is 9.94. The molecule has 0 bridgehead atoms. The van der Waals surface area contributed by atoms with E-state index in [4.69, 9.17) is 5.73 Å². The lowest BCUT2D eigenvalue weighted by Gasteiger charge is -2.17. The molecule has 0 fully saturated rings. The van der Waals surface area contributed by atoms with Crippen molar-refractivity contribution in [1.82, 2.24) is 15.5 Å². The molecule has 0 aromatic rings. The fraction of sp³-hybridized carbons (Fsp3) is 1.00. The minimum atomic E-state index is 0.720. The summed E-state index contributed by atoms with van der Waals surface area (Å²) in [4.78, 5) is 2.26. The van der Waals surface area contributed by atoms with Crippen LogP contribution >= 0.6 is 0 Å². The molecule has 0 atom stereocenters. The van der Waals surface area contributed by atoms with Crippen LogP contribution in [0.5, 0.6) is 0 Å².